The molecule has 4 nitrogen and oxygen atoms in total. The number of carbonyl (C=O) groups is 1. The van der Waals surface area contributed by atoms with Crippen molar-refractivity contribution in [1.29, 1.82) is 0 Å². The number of aryl methyl sites for hydroxylation is 1. The Kier molecular flexibility index (Phi) is 5.37. The molecule has 0 unspecified atom stereocenters. The number of carbonyl (C=O) groups excluding carboxylic acids is 1. The first-order valence-corrected chi connectivity index (χ1v) is 7.91. The first-order chi connectivity index (χ1) is 10.1. The van der Waals surface area contributed by atoms with Crippen LogP contribution in [0.15, 0.2) is 34.2 Å². The van der Waals surface area contributed by atoms with E-state index in [0.717, 1.165) is 20.9 Å². The van der Waals surface area contributed by atoms with Crippen LogP contribution in [-0.4, -0.2) is 24.0 Å². The van der Waals surface area contributed by atoms with Gasteiger partial charge in [-0.3, -0.25) is 4.79 Å². The van der Waals surface area contributed by atoms with Gasteiger partial charge >= 0.3 is 0 Å². The molecule has 0 bridgehead atoms. The lowest BCUT2D eigenvalue weighted by molar-refractivity contribution is -0.115. The van der Waals surface area contributed by atoms with Crippen LogP contribution in [0.2, 0.25) is 0 Å². The zero-order valence-electron chi connectivity index (χ0n) is 11.5. The van der Waals surface area contributed by atoms with E-state index in [1.54, 1.807) is 11.1 Å². The molecule has 0 spiro atoms. The van der Waals surface area contributed by atoms with E-state index in [0.29, 0.717) is 6.54 Å². The third-order valence-electron chi connectivity index (χ3n) is 2.77. The number of thiazole rings is 1. The summed E-state index contributed by atoms with van der Waals surface area (Å²) < 4.78 is 0.981. The maximum Gasteiger partial charge on any atom is 0.244 e. The van der Waals surface area contributed by atoms with Gasteiger partial charge in [0.1, 0.15) is 6.54 Å². The highest BCUT2D eigenvalue weighted by atomic mass is 79.9. The number of benzene rings is 1. The predicted molar refractivity (Wildman–Crippen MR) is 90.7 cm³/mol. The molecule has 1 heterocycles. The van der Waals surface area contributed by atoms with Crippen LogP contribution >= 0.6 is 27.3 Å². The number of halogens is 1. The van der Waals surface area contributed by atoms with Gasteiger partial charge in [-0.1, -0.05) is 21.9 Å². The molecule has 1 aromatic carbocycles. The van der Waals surface area contributed by atoms with Crippen molar-refractivity contribution < 1.29 is 4.79 Å². The van der Waals surface area contributed by atoms with Gasteiger partial charge in [-0.15, -0.1) is 17.8 Å². The minimum Gasteiger partial charge on any atom is -0.328 e. The molecule has 0 saturated carbocycles. The Bertz CT molecular complexity index is 664. The number of rotatable bonds is 5. The number of terminal acetylenes is 1. The number of aromatic nitrogens is 1. The Hall–Kier alpha value is -1.84. The number of nitrogens with one attached hydrogen (secondary N) is 1. The fraction of sp³-hybridized carbons (Fsp3) is 0.200. The van der Waals surface area contributed by atoms with Gasteiger partial charge in [0.2, 0.25) is 5.91 Å². The average molecular weight is 364 g/mol. The van der Waals surface area contributed by atoms with Gasteiger partial charge in [0.25, 0.3) is 0 Å². The van der Waals surface area contributed by atoms with E-state index in [1.807, 2.05) is 30.5 Å². The first-order valence-electron chi connectivity index (χ1n) is 6.24. The maximum absolute atomic E-state index is 12.2. The molecule has 1 aromatic heterocycles. The molecule has 0 radical (unpaired) electrons. The highest BCUT2D eigenvalue weighted by molar-refractivity contribution is 9.10. The van der Waals surface area contributed by atoms with E-state index in [9.17, 15) is 4.79 Å². The molecule has 1 N–H and O–H groups in total. The standard InChI is InChI=1S/C15H14BrN3OS/c1-3-7-19(15-17-6-8-21-15)10-14(20)18-13-5-4-12(16)9-11(13)2/h1,4-6,8-9H,7,10H2,2H3,(H,18,20). The van der Waals surface area contributed by atoms with E-state index in [1.165, 1.54) is 11.3 Å². The fourth-order valence-electron chi connectivity index (χ4n) is 1.80. The molecule has 0 saturated heterocycles. The van der Waals surface area contributed by atoms with Crippen molar-refractivity contribution in [1.82, 2.24) is 4.98 Å². The van der Waals surface area contributed by atoms with Crippen molar-refractivity contribution in [2.45, 2.75) is 6.92 Å². The van der Waals surface area contributed by atoms with Gasteiger partial charge in [0.15, 0.2) is 5.13 Å². The second-order valence-electron chi connectivity index (χ2n) is 4.38. The van der Waals surface area contributed by atoms with Crippen molar-refractivity contribution in [3.8, 4) is 12.3 Å². The first kappa shape index (κ1) is 15.5. The van der Waals surface area contributed by atoms with Crippen LogP contribution in [0.4, 0.5) is 10.8 Å². The predicted octanol–water partition coefficient (Wildman–Crippen LogP) is 3.29. The summed E-state index contributed by atoms with van der Waals surface area (Å²) in [5.74, 6) is 2.43. The van der Waals surface area contributed by atoms with Crippen molar-refractivity contribution in [3.63, 3.8) is 0 Å². The maximum atomic E-state index is 12.2. The third-order valence-corrected chi connectivity index (χ3v) is 4.09. The van der Waals surface area contributed by atoms with E-state index in [-0.39, 0.29) is 12.5 Å². The summed E-state index contributed by atoms with van der Waals surface area (Å²) in [6.45, 7) is 2.47. The highest BCUT2D eigenvalue weighted by Crippen LogP contribution is 2.21. The lowest BCUT2D eigenvalue weighted by Gasteiger charge is -2.19. The molecule has 0 aliphatic heterocycles. The summed E-state index contributed by atoms with van der Waals surface area (Å²) in [7, 11) is 0. The molecule has 2 aromatic rings. The van der Waals surface area contributed by atoms with E-state index in [4.69, 9.17) is 6.42 Å². The van der Waals surface area contributed by atoms with Crippen LogP contribution in [0, 0.1) is 19.3 Å². The number of anilines is 2. The summed E-state index contributed by atoms with van der Waals surface area (Å²) in [6, 6.07) is 5.71. The van der Waals surface area contributed by atoms with Crippen molar-refractivity contribution in [2.75, 3.05) is 23.3 Å². The third kappa shape index (κ3) is 4.31. The smallest absolute Gasteiger partial charge is 0.244 e. The average Bonchev–Trinajstić information content (AvgIpc) is 2.95. The molecule has 0 aliphatic rings. The lowest BCUT2D eigenvalue weighted by Crippen LogP contribution is -2.33. The van der Waals surface area contributed by atoms with Crippen molar-refractivity contribution >= 4 is 44.0 Å². The van der Waals surface area contributed by atoms with E-state index < -0.39 is 0 Å². The SMILES string of the molecule is C#CCN(CC(=O)Nc1ccc(Br)cc1C)c1nccs1. The topological polar surface area (TPSA) is 45.2 Å². The van der Waals surface area contributed by atoms with Gasteiger partial charge in [0, 0.05) is 21.7 Å². The number of hydrogen-bond donors (Lipinski definition) is 1. The summed E-state index contributed by atoms with van der Waals surface area (Å²) in [6.07, 6.45) is 7.05. The number of hydrogen-bond acceptors (Lipinski definition) is 4. The van der Waals surface area contributed by atoms with Crippen LogP contribution in [0.1, 0.15) is 5.56 Å². The molecule has 0 fully saturated rings. The van der Waals surface area contributed by atoms with Gasteiger partial charge in [-0.2, -0.15) is 0 Å². The monoisotopic (exact) mass is 363 g/mol. The Morgan fingerprint density at radius 3 is 3.00 bits per heavy atom. The van der Waals surface area contributed by atoms with Gasteiger partial charge in [0.05, 0.1) is 6.54 Å². The highest BCUT2D eigenvalue weighted by Gasteiger charge is 2.13. The minimum atomic E-state index is -0.120. The normalized spacial score (nSPS) is 9.95. The summed E-state index contributed by atoms with van der Waals surface area (Å²) in [5, 5.41) is 5.50. The largest absolute Gasteiger partial charge is 0.328 e. The van der Waals surface area contributed by atoms with Crippen LogP contribution in [-0.2, 0) is 4.79 Å². The zero-order valence-corrected chi connectivity index (χ0v) is 13.9. The molecular weight excluding hydrogens is 350 g/mol. The Morgan fingerprint density at radius 1 is 1.57 bits per heavy atom. The molecule has 6 heteroatoms. The van der Waals surface area contributed by atoms with Crippen LogP contribution in [0.25, 0.3) is 0 Å². The second-order valence-corrected chi connectivity index (χ2v) is 6.17. The summed E-state index contributed by atoms with van der Waals surface area (Å²) in [5.41, 5.74) is 1.79. The fourth-order valence-corrected chi connectivity index (χ4v) is 2.92. The lowest BCUT2D eigenvalue weighted by atomic mass is 10.2. The van der Waals surface area contributed by atoms with Gasteiger partial charge in [-0.05, 0) is 30.7 Å². The molecule has 0 atom stereocenters. The molecular formula is C15H14BrN3OS. The second kappa shape index (κ2) is 7.25. The van der Waals surface area contributed by atoms with E-state index in [2.05, 4.69) is 32.2 Å². The molecule has 108 valence electrons. The van der Waals surface area contributed by atoms with Gasteiger partial charge < -0.3 is 10.2 Å². The molecule has 1 amide bonds. The number of nitrogens with zero attached hydrogens (tertiary/aromatic N) is 2. The van der Waals surface area contributed by atoms with Crippen molar-refractivity contribution in [2.24, 2.45) is 0 Å². The van der Waals surface area contributed by atoms with Crippen molar-refractivity contribution in [3.05, 3.63) is 39.8 Å². The van der Waals surface area contributed by atoms with Crippen LogP contribution in [0.3, 0.4) is 0 Å². The van der Waals surface area contributed by atoms with Gasteiger partial charge in [-0.25, -0.2) is 4.98 Å². The molecule has 21 heavy (non-hydrogen) atoms. The Morgan fingerprint density at radius 2 is 2.38 bits per heavy atom. The van der Waals surface area contributed by atoms with Crippen LogP contribution in [0.5, 0.6) is 0 Å². The molecule has 2 rings (SSSR count). The quantitative estimate of drug-likeness (QED) is 0.829. The summed E-state index contributed by atoms with van der Waals surface area (Å²) >= 11 is 4.86. The summed E-state index contributed by atoms with van der Waals surface area (Å²) in [4.78, 5) is 18.1. The Labute approximate surface area is 136 Å². The zero-order chi connectivity index (χ0) is 15.2. The van der Waals surface area contributed by atoms with Crippen LogP contribution < -0.4 is 10.2 Å². The minimum absolute atomic E-state index is 0.120. The Balaban J connectivity index is 2.04. The van der Waals surface area contributed by atoms with E-state index >= 15 is 0 Å². The molecule has 0 aliphatic carbocycles. The number of amides is 1.